The van der Waals surface area contributed by atoms with Gasteiger partial charge in [-0.2, -0.15) is 5.10 Å². The van der Waals surface area contributed by atoms with Crippen LogP contribution in [0.5, 0.6) is 0 Å². The summed E-state index contributed by atoms with van der Waals surface area (Å²) in [6.07, 6.45) is 1.67. The lowest BCUT2D eigenvalue weighted by atomic mass is 9.87. The van der Waals surface area contributed by atoms with Crippen molar-refractivity contribution in [2.75, 3.05) is 13.1 Å². The molecule has 0 saturated carbocycles. The van der Waals surface area contributed by atoms with Crippen LogP contribution in [0, 0.1) is 12.3 Å². The highest BCUT2D eigenvalue weighted by Crippen LogP contribution is 2.34. The molecule has 1 aromatic heterocycles. The monoisotopic (exact) mass is 341 g/mol. The zero-order chi connectivity index (χ0) is 18.2. The highest BCUT2D eigenvalue weighted by molar-refractivity contribution is 5.95. The van der Waals surface area contributed by atoms with Crippen molar-refractivity contribution in [2.24, 2.45) is 12.5 Å². The second-order valence-electron chi connectivity index (χ2n) is 7.90. The van der Waals surface area contributed by atoms with Crippen LogP contribution < -0.4 is 0 Å². The van der Waals surface area contributed by atoms with Gasteiger partial charge in [0.1, 0.15) is 6.10 Å². The molecule has 25 heavy (non-hydrogen) atoms. The summed E-state index contributed by atoms with van der Waals surface area (Å²) in [6, 6.07) is 10.1. The zero-order valence-electron chi connectivity index (χ0n) is 15.7. The van der Waals surface area contributed by atoms with Crippen molar-refractivity contribution in [3.05, 3.63) is 53.3 Å². The molecule has 0 unspecified atom stereocenters. The summed E-state index contributed by atoms with van der Waals surface area (Å²) in [4.78, 5) is 15.0. The van der Waals surface area contributed by atoms with E-state index in [-0.39, 0.29) is 23.5 Å². The van der Waals surface area contributed by atoms with Crippen LogP contribution in [0.2, 0.25) is 0 Å². The molecular weight excluding hydrogens is 314 g/mol. The third-order valence-electron chi connectivity index (χ3n) is 4.77. The number of carbonyl (C=O) groups is 1. The fourth-order valence-electron chi connectivity index (χ4n) is 3.23. The topological polar surface area (TPSA) is 47.4 Å². The van der Waals surface area contributed by atoms with E-state index in [0.29, 0.717) is 18.7 Å². The van der Waals surface area contributed by atoms with Gasteiger partial charge in [0.15, 0.2) is 0 Å². The molecular formula is C20H27N3O2. The fourth-order valence-corrected chi connectivity index (χ4v) is 3.23. The Morgan fingerprint density at radius 2 is 1.88 bits per heavy atom. The molecule has 0 spiro atoms. The Balaban J connectivity index is 1.90. The molecule has 0 radical (unpaired) electrons. The highest BCUT2D eigenvalue weighted by atomic mass is 16.5. The summed E-state index contributed by atoms with van der Waals surface area (Å²) < 4.78 is 8.07. The summed E-state index contributed by atoms with van der Waals surface area (Å²) >= 11 is 0. The van der Waals surface area contributed by atoms with E-state index in [1.807, 2.05) is 37.1 Å². The summed E-state index contributed by atoms with van der Waals surface area (Å²) in [5, 5.41) is 4.31. The minimum Gasteiger partial charge on any atom is -0.366 e. The van der Waals surface area contributed by atoms with E-state index in [1.165, 1.54) is 0 Å². The maximum absolute atomic E-state index is 13.1. The van der Waals surface area contributed by atoms with Crippen LogP contribution in [-0.2, 0) is 11.8 Å². The lowest BCUT2D eigenvalue weighted by Crippen LogP contribution is -2.51. The van der Waals surface area contributed by atoms with E-state index >= 15 is 0 Å². The van der Waals surface area contributed by atoms with E-state index in [0.717, 1.165) is 11.3 Å². The Hall–Kier alpha value is -2.14. The Labute approximate surface area is 149 Å². The van der Waals surface area contributed by atoms with Gasteiger partial charge in [-0.25, -0.2) is 0 Å². The molecule has 1 aliphatic rings. The van der Waals surface area contributed by atoms with Gasteiger partial charge in [0.2, 0.25) is 0 Å². The Morgan fingerprint density at radius 1 is 1.20 bits per heavy atom. The average molecular weight is 341 g/mol. The largest absolute Gasteiger partial charge is 0.366 e. The minimum atomic E-state index is -0.111. The Kier molecular flexibility index (Phi) is 4.69. The fraction of sp³-hybridized carbons (Fsp3) is 0.500. The zero-order valence-corrected chi connectivity index (χ0v) is 15.7. The number of aryl methyl sites for hydroxylation is 2. The molecule has 2 heterocycles. The van der Waals surface area contributed by atoms with Crippen molar-refractivity contribution < 1.29 is 9.53 Å². The first-order valence-electron chi connectivity index (χ1n) is 8.75. The summed E-state index contributed by atoms with van der Waals surface area (Å²) in [6.45, 7) is 9.50. The maximum Gasteiger partial charge on any atom is 0.257 e. The molecule has 1 saturated heterocycles. The summed E-state index contributed by atoms with van der Waals surface area (Å²) in [5.74, 6) is 0.0316. The van der Waals surface area contributed by atoms with Crippen LogP contribution in [0.1, 0.15) is 48.5 Å². The lowest BCUT2D eigenvalue weighted by Gasteiger charge is -2.43. The molecule has 5 nitrogen and oxygen atoms in total. The number of hydrogen-bond acceptors (Lipinski definition) is 3. The normalized spacial score (nSPS) is 21.4. The first-order valence-corrected chi connectivity index (χ1v) is 8.75. The van der Waals surface area contributed by atoms with Crippen molar-refractivity contribution >= 4 is 5.91 Å². The van der Waals surface area contributed by atoms with E-state index in [9.17, 15) is 4.79 Å². The second kappa shape index (κ2) is 6.64. The standard InChI is InChI=1S/C20H27N3O2/c1-14-16(11-22(5)21-14)19(24)23-12-17(15-9-7-6-8-10-15)25-18(13-23)20(2,3)4/h6-11,17-18H,12-13H2,1-5H3/t17-,18+/m0/s1. The molecule has 1 aromatic carbocycles. The Bertz CT molecular complexity index is 746. The predicted octanol–water partition coefficient (Wildman–Crippen LogP) is 3.36. The van der Waals surface area contributed by atoms with Gasteiger partial charge in [-0.05, 0) is 17.9 Å². The van der Waals surface area contributed by atoms with Crippen LogP contribution in [-0.4, -0.2) is 39.8 Å². The van der Waals surface area contributed by atoms with Crippen molar-refractivity contribution in [1.82, 2.24) is 14.7 Å². The van der Waals surface area contributed by atoms with Gasteiger partial charge in [-0.1, -0.05) is 51.1 Å². The van der Waals surface area contributed by atoms with Crippen molar-refractivity contribution in [3.63, 3.8) is 0 Å². The number of hydrogen-bond donors (Lipinski definition) is 0. The molecule has 0 bridgehead atoms. The molecule has 1 aliphatic heterocycles. The third kappa shape index (κ3) is 3.76. The van der Waals surface area contributed by atoms with Crippen molar-refractivity contribution in [2.45, 2.75) is 39.9 Å². The molecule has 5 heteroatoms. The molecule has 134 valence electrons. The smallest absolute Gasteiger partial charge is 0.257 e. The number of aromatic nitrogens is 2. The van der Waals surface area contributed by atoms with E-state index in [4.69, 9.17) is 4.74 Å². The second-order valence-corrected chi connectivity index (χ2v) is 7.90. The molecule has 1 amide bonds. The number of carbonyl (C=O) groups excluding carboxylic acids is 1. The number of rotatable bonds is 2. The number of nitrogens with zero attached hydrogens (tertiary/aromatic N) is 3. The van der Waals surface area contributed by atoms with Crippen molar-refractivity contribution in [1.29, 1.82) is 0 Å². The average Bonchev–Trinajstić information content (AvgIpc) is 2.92. The van der Waals surface area contributed by atoms with Gasteiger partial charge < -0.3 is 9.64 Å². The quantitative estimate of drug-likeness (QED) is 0.841. The van der Waals surface area contributed by atoms with Crippen LogP contribution in [0.15, 0.2) is 36.5 Å². The van der Waals surface area contributed by atoms with Crippen LogP contribution in [0.25, 0.3) is 0 Å². The first-order chi connectivity index (χ1) is 11.8. The van der Waals surface area contributed by atoms with Crippen molar-refractivity contribution in [3.8, 4) is 0 Å². The maximum atomic E-state index is 13.1. The van der Waals surface area contributed by atoms with E-state index < -0.39 is 0 Å². The van der Waals surface area contributed by atoms with Gasteiger partial charge in [0.25, 0.3) is 5.91 Å². The molecule has 1 fully saturated rings. The van der Waals surface area contributed by atoms with E-state index in [2.05, 4.69) is 38.0 Å². The third-order valence-corrected chi connectivity index (χ3v) is 4.77. The summed E-state index contributed by atoms with van der Waals surface area (Å²) in [5.41, 5.74) is 2.50. The highest BCUT2D eigenvalue weighted by Gasteiger charge is 2.38. The lowest BCUT2D eigenvalue weighted by molar-refractivity contribution is -0.119. The molecule has 2 aromatic rings. The molecule has 0 N–H and O–H groups in total. The molecule has 3 rings (SSSR count). The molecule has 0 aliphatic carbocycles. The number of amides is 1. The molecule has 2 atom stereocenters. The van der Waals surface area contributed by atoms with E-state index in [1.54, 1.807) is 10.9 Å². The van der Waals surface area contributed by atoms with Crippen LogP contribution in [0.3, 0.4) is 0 Å². The number of benzene rings is 1. The minimum absolute atomic E-state index is 0.0209. The SMILES string of the molecule is Cc1nn(C)cc1C(=O)N1C[C@@H](c2ccccc2)O[C@@H](C(C)(C)C)C1. The van der Waals surface area contributed by atoms with Gasteiger partial charge in [-0.15, -0.1) is 0 Å². The van der Waals surface area contributed by atoms with Gasteiger partial charge in [0, 0.05) is 19.8 Å². The summed E-state index contributed by atoms with van der Waals surface area (Å²) in [7, 11) is 1.84. The van der Waals surface area contributed by atoms with Gasteiger partial charge in [0.05, 0.1) is 23.9 Å². The first kappa shape index (κ1) is 17.7. The van der Waals surface area contributed by atoms with Gasteiger partial charge in [-0.3, -0.25) is 9.48 Å². The Morgan fingerprint density at radius 3 is 2.44 bits per heavy atom. The van der Waals surface area contributed by atoms with Crippen LogP contribution >= 0.6 is 0 Å². The van der Waals surface area contributed by atoms with Gasteiger partial charge >= 0.3 is 0 Å². The van der Waals surface area contributed by atoms with Crippen LogP contribution in [0.4, 0.5) is 0 Å². The number of morpholine rings is 1. The number of ether oxygens (including phenoxy) is 1. The predicted molar refractivity (Wildman–Crippen MR) is 97.4 cm³/mol.